The van der Waals surface area contributed by atoms with Crippen molar-refractivity contribution in [1.82, 2.24) is 0 Å². The van der Waals surface area contributed by atoms with Gasteiger partial charge < -0.3 is 5.73 Å². The summed E-state index contributed by atoms with van der Waals surface area (Å²) in [6.07, 6.45) is 4.24. The van der Waals surface area contributed by atoms with E-state index < -0.39 is 20.9 Å². The molecule has 1 fully saturated rings. The minimum absolute atomic E-state index is 0.0487. The Labute approximate surface area is 113 Å². The van der Waals surface area contributed by atoms with Gasteiger partial charge in [0.15, 0.2) is 9.84 Å². The fourth-order valence-electron chi connectivity index (χ4n) is 2.78. The van der Waals surface area contributed by atoms with E-state index in [0.29, 0.717) is 18.8 Å². The smallest absolute Gasteiger partial charge is 0.183 e. The molecule has 0 bridgehead atoms. The Bertz CT molecular complexity index is 549. The lowest BCUT2D eigenvalue weighted by atomic mass is 9.87. The number of nitrogen functional groups attached to an aromatic ring is 1. The van der Waals surface area contributed by atoms with Gasteiger partial charge in [0.2, 0.25) is 0 Å². The van der Waals surface area contributed by atoms with E-state index in [0.717, 1.165) is 25.3 Å². The number of anilines is 1. The van der Waals surface area contributed by atoms with Crippen LogP contribution in [0.3, 0.4) is 0 Å². The van der Waals surface area contributed by atoms with Crippen LogP contribution in [-0.4, -0.2) is 13.7 Å². The van der Waals surface area contributed by atoms with Crippen LogP contribution < -0.4 is 5.73 Å². The minimum Gasteiger partial charge on any atom is -0.398 e. The van der Waals surface area contributed by atoms with Gasteiger partial charge in [-0.3, -0.25) is 0 Å². The molecule has 0 spiro atoms. The molecule has 1 saturated carbocycles. The maximum absolute atomic E-state index is 13.2. The monoisotopic (exact) mass is 285 g/mol. The van der Waals surface area contributed by atoms with E-state index in [4.69, 9.17) is 5.73 Å². The molecule has 0 atom stereocenters. The second-order valence-electron chi connectivity index (χ2n) is 5.28. The van der Waals surface area contributed by atoms with Crippen molar-refractivity contribution in [3.8, 4) is 0 Å². The lowest BCUT2D eigenvalue weighted by molar-refractivity contribution is 0.348. The third-order valence-electron chi connectivity index (χ3n) is 4.09. The van der Waals surface area contributed by atoms with Crippen molar-refractivity contribution in [2.45, 2.75) is 49.2 Å². The molecular weight excluding hydrogens is 265 g/mol. The molecule has 0 heterocycles. The Kier molecular flexibility index (Phi) is 4.13. The normalized spacial score (nSPS) is 24.3. The lowest BCUT2D eigenvalue weighted by Crippen LogP contribution is -2.27. The number of benzene rings is 1. The molecule has 0 aromatic heterocycles. The van der Waals surface area contributed by atoms with E-state index >= 15 is 0 Å². The first-order valence-electron chi connectivity index (χ1n) is 6.74. The highest BCUT2D eigenvalue weighted by Crippen LogP contribution is 2.34. The number of hydrogen-bond acceptors (Lipinski definition) is 3. The van der Waals surface area contributed by atoms with E-state index in [1.807, 2.05) is 0 Å². The van der Waals surface area contributed by atoms with E-state index in [-0.39, 0.29) is 10.6 Å². The van der Waals surface area contributed by atoms with Crippen LogP contribution in [0.5, 0.6) is 0 Å². The van der Waals surface area contributed by atoms with Gasteiger partial charge in [-0.2, -0.15) is 0 Å². The Balaban J connectivity index is 2.26. The predicted molar refractivity (Wildman–Crippen MR) is 74.0 cm³/mol. The molecule has 106 valence electrons. The SMILES string of the molecule is CCC1CCC(S(=O)(=O)c2cc(F)ccc2N)CC1. The summed E-state index contributed by atoms with van der Waals surface area (Å²) in [7, 11) is -3.51. The molecule has 0 saturated heterocycles. The lowest BCUT2D eigenvalue weighted by Gasteiger charge is -2.27. The van der Waals surface area contributed by atoms with E-state index in [9.17, 15) is 12.8 Å². The highest BCUT2D eigenvalue weighted by atomic mass is 32.2. The highest BCUT2D eigenvalue weighted by Gasteiger charge is 2.32. The Morgan fingerprint density at radius 2 is 1.89 bits per heavy atom. The molecule has 1 aliphatic rings. The highest BCUT2D eigenvalue weighted by molar-refractivity contribution is 7.92. The predicted octanol–water partition coefficient (Wildman–Crippen LogP) is 3.15. The number of rotatable bonds is 3. The standard InChI is InChI=1S/C14H20FNO2S/c1-2-10-3-6-12(7-4-10)19(17,18)14-9-11(15)5-8-13(14)16/h5,8-10,12H,2-4,6-7,16H2,1H3. The number of nitrogens with two attached hydrogens (primary N) is 1. The first kappa shape index (κ1) is 14.3. The second kappa shape index (κ2) is 5.49. The van der Waals surface area contributed by atoms with Gasteiger partial charge in [0.05, 0.1) is 15.8 Å². The molecule has 0 amide bonds. The number of hydrogen-bond donors (Lipinski definition) is 1. The van der Waals surface area contributed by atoms with Gasteiger partial charge in [0, 0.05) is 0 Å². The summed E-state index contributed by atoms with van der Waals surface area (Å²) in [6.45, 7) is 2.13. The number of halogens is 1. The molecule has 3 nitrogen and oxygen atoms in total. The molecule has 2 N–H and O–H groups in total. The summed E-state index contributed by atoms with van der Waals surface area (Å²) in [4.78, 5) is -0.0487. The Hall–Kier alpha value is -1.10. The fraction of sp³-hybridized carbons (Fsp3) is 0.571. The van der Waals surface area contributed by atoms with Gasteiger partial charge in [0.1, 0.15) is 5.82 Å². The maximum Gasteiger partial charge on any atom is 0.183 e. The van der Waals surface area contributed by atoms with Crippen molar-refractivity contribution in [2.75, 3.05) is 5.73 Å². The number of sulfone groups is 1. The molecule has 0 aliphatic heterocycles. The van der Waals surface area contributed by atoms with Crippen LogP contribution in [0, 0.1) is 11.7 Å². The topological polar surface area (TPSA) is 60.2 Å². The van der Waals surface area contributed by atoms with Crippen LogP contribution in [0.15, 0.2) is 23.1 Å². The van der Waals surface area contributed by atoms with Crippen LogP contribution in [-0.2, 0) is 9.84 Å². The average Bonchev–Trinajstić information content (AvgIpc) is 2.41. The fourth-order valence-corrected chi connectivity index (χ4v) is 4.71. The van der Waals surface area contributed by atoms with E-state index in [2.05, 4.69) is 6.92 Å². The molecule has 1 aliphatic carbocycles. The summed E-state index contributed by atoms with van der Waals surface area (Å²) >= 11 is 0. The van der Waals surface area contributed by atoms with Crippen LogP contribution in [0.25, 0.3) is 0 Å². The van der Waals surface area contributed by atoms with Gasteiger partial charge >= 0.3 is 0 Å². The molecular formula is C14H20FNO2S. The van der Waals surface area contributed by atoms with Crippen molar-refractivity contribution in [3.63, 3.8) is 0 Å². The first-order valence-corrected chi connectivity index (χ1v) is 8.28. The summed E-state index contributed by atoms with van der Waals surface area (Å²) in [6, 6.07) is 3.54. The molecule has 1 aromatic rings. The zero-order valence-electron chi connectivity index (χ0n) is 11.1. The first-order chi connectivity index (χ1) is 8.95. The van der Waals surface area contributed by atoms with Gasteiger partial charge in [0.25, 0.3) is 0 Å². The molecule has 19 heavy (non-hydrogen) atoms. The van der Waals surface area contributed by atoms with Gasteiger partial charge in [-0.05, 0) is 49.8 Å². The largest absolute Gasteiger partial charge is 0.398 e. The molecule has 0 radical (unpaired) electrons. The van der Waals surface area contributed by atoms with E-state index in [1.54, 1.807) is 0 Å². The van der Waals surface area contributed by atoms with Crippen LogP contribution >= 0.6 is 0 Å². The average molecular weight is 285 g/mol. The Morgan fingerprint density at radius 1 is 1.26 bits per heavy atom. The summed E-state index contributed by atoms with van der Waals surface area (Å²) in [5.41, 5.74) is 5.83. The van der Waals surface area contributed by atoms with Crippen LogP contribution in [0.1, 0.15) is 39.0 Å². The molecule has 5 heteroatoms. The van der Waals surface area contributed by atoms with Crippen molar-refractivity contribution >= 4 is 15.5 Å². The summed E-state index contributed by atoms with van der Waals surface area (Å²) < 4.78 is 38.3. The van der Waals surface area contributed by atoms with Gasteiger partial charge in [-0.25, -0.2) is 12.8 Å². The summed E-state index contributed by atoms with van der Waals surface area (Å²) in [5, 5.41) is -0.417. The van der Waals surface area contributed by atoms with E-state index in [1.165, 1.54) is 12.1 Å². The van der Waals surface area contributed by atoms with Crippen molar-refractivity contribution in [2.24, 2.45) is 5.92 Å². The third-order valence-corrected chi connectivity index (χ3v) is 6.41. The third kappa shape index (κ3) is 2.91. The van der Waals surface area contributed by atoms with Gasteiger partial charge in [-0.1, -0.05) is 13.3 Å². The quantitative estimate of drug-likeness (QED) is 0.868. The van der Waals surface area contributed by atoms with Crippen molar-refractivity contribution in [3.05, 3.63) is 24.0 Å². The second-order valence-corrected chi connectivity index (χ2v) is 7.47. The molecule has 0 unspecified atom stereocenters. The molecule has 2 rings (SSSR count). The zero-order valence-corrected chi connectivity index (χ0v) is 11.9. The van der Waals surface area contributed by atoms with Crippen LogP contribution in [0.2, 0.25) is 0 Å². The van der Waals surface area contributed by atoms with Gasteiger partial charge in [-0.15, -0.1) is 0 Å². The van der Waals surface area contributed by atoms with Crippen LogP contribution in [0.4, 0.5) is 10.1 Å². The molecule has 1 aromatic carbocycles. The van der Waals surface area contributed by atoms with Crippen molar-refractivity contribution in [1.29, 1.82) is 0 Å². The zero-order chi connectivity index (χ0) is 14.0. The maximum atomic E-state index is 13.2. The Morgan fingerprint density at radius 3 is 2.47 bits per heavy atom. The minimum atomic E-state index is -3.51. The summed E-state index contributed by atoms with van der Waals surface area (Å²) in [5.74, 6) is 0.0614. The van der Waals surface area contributed by atoms with Crippen molar-refractivity contribution < 1.29 is 12.8 Å².